The molecular formula is C18H26N4S. The van der Waals surface area contributed by atoms with Crippen molar-refractivity contribution < 1.29 is 0 Å². The Morgan fingerprint density at radius 1 is 1.22 bits per heavy atom. The molecule has 1 aromatic heterocycles. The number of thiazole rings is 1. The lowest BCUT2D eigenvalue weighted by atomic mass is 10.1. The normalized spacial score (nSPS) is 13.0. The molecule has 0 radical (unpaired) electrons. The second-order valence-corrected chi connectivity index (χ2v) is 6.42. The molecule has 1 heterocycles. The standard InChI is InChI=1S/C18H26N4S/c1-5-14-7-9-15(10-8-14)13(3)21-18(19-4)20-11-16-12-23-17(6-2)22-16/h7-10,12-13H,5-6,11H2,1-4H3,(H2,19,20,21). The van der Waals surface area contributed by atoms with E-state index >= 15 is 0 Å². The van der Waals surface area contributed by atoms with E-state index in [1.54, 1.807) is 18.4 Å². The monoisotopic (exact) mass is 330 g/mol. The summed E-state index contributed by atoms with van der Waals surface area (Å²) in [6, 6.07) is 8.93. The van der Waals surface area contributed by atoms with Crippen LogP contribution in [0.3, 0.4) is 0 Å². The zero-order valence-corrected chi connectivity index (χ0v) is 15.2. The molecule has 1 atom stereocenters. The van der Waals surface area contributed by atoms with E-state index in [-0.39, 0.29) is 6.04 Å². The third-order valence-corrected chi connectivity index (χ3v) is 4.85. The summed E-state index contributed by atoms with van der Waals surface area (Å²) in [6.45, 7) is 7.14. The van der Waals surface area contributed by atoms with Crippen LogP contribution in [0.5, 0.6) is 0 Å². The fourth-order valence-corrected chi connectivity index (χ4v) is 3.04. The lowest BCUT2D eigenvalue weighted by molar-refractivity contribution is 0.683. The Morgan fingerprint density at radius 2 is 1.96 bits per heavy atom. The van der Waals surface area contributed by atoms with Gasteiger partial charge in [0.1, 0.15) is 0 Å². The maximum Gasteiger partial charge on any atom is 0.191 e. The Bertz CT molecular complexity index is 631. The second kappa shape index (κ2) is 8.67. The maximum atomic E-state index is 4.56. The van der Waals surface area contributed by atoms with Gasteiger partial charge in [0.2, 0.25) is 0 Å². The molecule has 0 fully saturated rings. The summed E-state index contributed by atoms with van der Waals surface area (Å²) in [4.78, 5) is 8.86. The van der Waals surface area contributed by atoms with Gasteiger partial charge in [-0.15, -0.1) is 11.3 Å². The molecule has 5 heteroatoms. The first kappa shape index (κ1) is 17.5. The third kappa shape index (κ3) is 5.06. The Morgan fingerprint density at radius 3 is 2.52 bits per heavy atom. The molecule has 1 unspecified atom stereocenters. The fraction of sp³-hybridized carbons (Fsp3) is 0.444. The number of aliphatic imine (C=N–C) groups is 1. The average molecular weight is 331 g/mol. The largest absolute Gasteiger partial charge is 0.351 e. The van der Waals surface area contributed by atoms with Gasteiger partial charge >= 0.3 is 0 Å². The van der Waals surface area contributed by atoms with Gasteiger partial charge in [-0.3, -0.25) is 4.99 Å². The Kier molecular flexibility index (Phi) is 6.59. The van der Waals surface area contributed by atoms with Crippen molar-refractivity contribution in [2.45, 2.75) is 46.2 Å². The molecule has 0 saturated carbocycles. The molecule has 0 bridgehead atoms. The number of rotatable bonds is 6. The van der Waals surface area contributed by atoms with E-state index < -0.39 is 0 Å². The van der Waals surface area contributed by atoms with Crippen LogP contribution in [0, 0.1) is 0 Å². The van der Waals surface area contributed by atoms with Gasteiger partial charge in [0.05, 0.1) is 23.3 Å². The molecule has 2 N–H and O–H groups in total. The molecule has 0 aliphatic rings. The highest BCUT2D eigenvalue weighted by Crippen LogP contribution is 2.14. The van der Waals surface area contributed by atoms with Gasteiger partial charge < -0.3 is 10.6 Å². The minimum atomic E-state index is 0.203. The number of aromatic nitrogens is 1. The molecular weight excluding hydrogens is 304 g/mol. The first-order valence-corrected chi connectivity index (χ1v) is 9.03. The lowest BCUT2D eigenvalue weighted by Crippen LogP contribution is -2.38. The number of hydrogen-bond acceptors (Lipinski definition) is 3. The minimum Gasteiger partial charge on any atom is -0.351 e. The third-order valence-electron chi connectivity index (χ3n) is 3.80. The summed E-state index contributed by atoms with van der Waals surface area (Å²) in [5, 5.41) is 10.0. The molecule has 124 valence electrons. The van der Waals surface area contributed by atoms with E-state index in [1.165, 1.54) is 16.1 Å². The van der Waals surface area contributed by atoms with Crippen molar-refractivity contribution in [2.75, 3.05) is 7.05 Å². The van der Waals surface area contributed by atoms with Gasteiger partial charge in [0, 0.05) is 12.4 Å². The zero-order chi connectivity index (χ0) is 16.7. The first-order chi connectivity index (χ1) is 11.2. The van der Waals surface area contributed by atoms with Crippen molar-refractivity contribution in [2.24, 2.45) is 4.99 Å². The average Bonchev–Trinajstić information content (AvgIpc) is 3.06. The SMILES string of the molecule is CCc1ccc(C(C)NC(=NC)NCc2csc(CC)n2)cc1. The number of benzene rings is 1. The molecule has 1 aromatic carbocycles. The van der Waals surface area contributed by atoms with E-state index in [0.29, 0.717) is 6.54 Å². The highest BCUT2D eigenvalue weighted by atomic mass is 32.1. The van der Waals surface area contributed by atoms with Crippen molar-refractivity contribution >= 4 is 17.3 Å². The quantitative estimate of drug-likeness (QED) is 0.627. The molecule has 2 aromatic rings. The Labute approximate surface area is 143 Å². The summed E-state index contributed by atoms with van der Waals surface area (Å²) in [5.41, 5.74) is 3.68. The van der Waals surface area contributed by atoms with Gasteiger partial charge in [0.15, 0.2) is 5.96 Å². The molecule has 0 saturated heterocycles. The highest BCUT2D eigenvalue weighted by molar-refractivity contribution is 7.09. The zero-order valence-electron chi connectivity index (χ0n) is 14.4. The molecule has 23 heavy (non-hydrogen) atoms. The fourth-order valence-electron chi connectivity index (χ4n) is 2.29. The van der Waals surface area contributed by atoms with Gasteiger partial charge in [-0.1, -0.05) is 38.1 Å². The summed E-state index contributed by atoms with van der Waals surface area (Å²) >= 11 is 1.71. The summed E-state index contributed by atoms with van der Waals surface area (Å²) in [6.07, 6.45) is 2.06. The van der Waals surface area contributed by atoms with E-state index in [0.717, 1.165) is 24.5 Å². The number of guanidine groups is 1. The summed E-state index contributed by atoms with van der Waals surface area (Å²) in [5.74, 6) is 0.795. The maximum absolute atomic E-state index is 4.56. The molecule has 0 aliphatic heterocycles. The van der Waals surface area contributed by atoms with Gasteiger partial charge in [-0.25, -0.2) is 4.98 Å². The molecule has 0 spiro atoms. The van der Waals surface area contributed by atoms with Crippen molar-refractivity contribution in [3.63, 3.8) is 0 Å². The van der Waals surface area contributed by atoms with Crippen molar-refractivity contribution in [1.29, 1.82) is 0 Å². The van der Waals surface area contributed by atoms with Crippen molar-refractivity contribution in [3.05, 3.63) is 51.5 Å². The molecule has 0 aliphatic carbocycles. The number of aryl methyl sites for hydroxylation is 2. The van der Waals surface area contributed by atoms with E-state index in [4.69, 9.17) is 0 Å². The van der Waals surface area contributed by atoms with Crippen LogP contribution in [0.1, 0.15) is 48.6 Å². The van der Waals surface area contributed by atoms with Crippen molar-refractivity contribution in [3.8, 4) is 0 Å². The number of hydrogen-bond donors (Lipinski definition) is 2. The smallest absolute Gasteiger partial charge is 0.191 e. The van der Waals surface area contributed by atoms with Crippen LogP contribution in [0.25, 0.3) is 0 Å². The molecule has 0 amide bonds. The van der Waals surface area contributed by atoms with Crippen LogP contribution >= 0.6 is 11.3 Å². The van der Waals surface area contributed by atoms with E-state index in [1.807, 2.05) is 0 Å². The topological polar surface area (TPSA) is 49.3 Å². The summed E-state index contributed by atoms with van der Waals surface area (Å²) in [7, 11) is 1.79. The predicted octanol–water partition coefficient (Wildman–Crippen LogP) is 3.69. The van der Waals surface area contributed by atoms with Crippen LogP contribution in [0.4, 0.5) is 0 Å². The number of nitrogens with one attached hydrogen (secondary N) is 2. The highest BCUT2D eigenvalue weighted by Gasteiger charge is 2.08. The van der Waals surface area contributed by atoms with Crippen LogP contribution in [0.15, 0.2) is 34.6 Å². The molecule has 2 rings (SSSR count). The lowest BCUT2D eigenvalue weighted by Gasteiger charge is -2.18. The van der Waals surface area contributed by atoms with Gasteiger partial charge in [0.25, 0.3) is 0 Å². The van der Waals surface area contributed by atoms with Crippen molar-refractivity contribution in [1.82, 2.24) is 15.6 Å². The Balaban J connectivity index is 1.90. The Hall–Kier alpha value is -1.88. The van der Waals surface area contributed by atoms with Gasteiger partial charge in [-0.2, -0.15) is 0 Å². The second-order valence-electron chi connectivity index (χ2n) is 5.47. The summed E-state index contributed by atoms with van der Waals surface area (Å²) < 4.78 is 0. The first-order valence-electron chi connectivity index (χ1n) is 8.15. The van der Waals surface area contributed by atoms with E-state index in [2.05, 4.69) is 71.0 Å². The predicted molar refractivity (Wildman–Crippen MR) is 99.1 cm³/mol. The minimum absolute atomic E-state index is 0.203. The van der Waals surface area contributed by atoms with Gasteiger partial charge in [-0.05, 0) is 30.9 Å². The van der Waals surface area contributed by atoms with Crippen LogP contribution in [-0.2, 0) is 19.4 Å². The van der Waals surface area contributed by atoms with Crippen LogP contribution < -0.4 is 10.6 Å². The number of nitrogens with zero attached hydrogens (tertiary/aromatic N) is 2. The molecule has 4 nitrogen and oxygen atoms in total. The van der Waals surface area contributed by atoms with Crippen LogP contribution in [-0.4, -0.2) is 18.0 Å². The van der Waals surface area contributed by atoms with Crippen LogP contribution in [0.2, 0.25) is 0 Å². The van der Waals surface area contributed by atoms with E-state index in [9.17, 15) is 0 Å².